The molecule has 80 valence electrons. The van der Waals surface area contributed by atoms with Gasteiger partial charge < -0.3 is 5.73 Å². The van der Waals surface area contributed by atoms with Crippen LogP contribution in [0.3, 0.4) is 0 Å². The molecule has 0 atom stereocenters. The quantitative estimate of drug-likeness (QED) is 0.477. The van der Waals surface area contributed by atoms with Crippen LogP contribution in [0.2, 0.25) is 0 Å². The van der Waals surface area contributed by atoms with Crippen LogP contribution < -0.4 is 10.7 Å². The topological polar surface area (TPSA) is 41.6 Å². The van der Waals surface area contributed by atoms with Gasteiger partial charge in [-0.05, 0) is 38.2 Å². The first-order valence-corrected chi connectivity index (χ1v) is 4.79. The zero-order valence-electron chi connectivity index (χ0n) is 8.57. The van der Waals surface area contributed by atoms with Crippen LogP contribution in [0.25, 0.3) is 0 Å². The van der Waals surface area contributed by atoms with Gasteiger partial charge in [0.15, 0.2) is 5.11 Å². The zero-order valence-corrected chi connectivity index (χ0v) is 9.38. The Kier molecular flexibility index (Phi) is 3.74. The molecule has 0 saturated carbocycles. The van der Waals surface area contributed by atoms with E-state index >= 15 is 0 Å². The molecule has 0 bridgehead atoms. The maximum Gasteiger partial charge on any atom is 0.191 e. The lowest BCUT2D eigenvalue weighted by Gasteiger charge is -2.17. The average molecular weight is 225 g/mol. The van der Waals surface area contributed by atoms with Crippen LogP contribution in [0.5, 0.6) is 0 Å². The van der Waals surface area contributed by atoms with Crippen LogP contribution >= 0.6 is 12.2 Å². The van der Waals surface area contributed by atoms with E-state index in [0.717, 1.165) is 5.71 Å². The zero-order chi connectivity index (χ0) is 11.4. The van der Waals surface area contributed by atoms with Gasteiger partial charge in [0, 0.05) is 5.71 Å². The van der Waals surface area contributed by atoms with Crippen molar-refractivity contribution in [3.63, 3.8) is 0 Å². The molecule has 0 radical (unpaired) electrons. The predicted molar refractivity (Wildman–Crippen MR) is 64.4 cm³/mol. The highest BCUT2D eigenvalue weighted by Crippen LogP contribution is 2.18. The maximum atomic E-state index is 13.4. The number of halogens is 1. The first-order valence-electron chi connectivity index (χ1n) is 4.38. The molecule has 0 aliphatic heterocycles. The Hall–Kier alpha value is -1.49. The fourth-order valence-electron chi connectivity index (χ4n) is 1.05. The largest absolute Gasteiger partial charge is 0.374 e. The third-order valence-electron chi connectivity index (χ3n) is 1.59. The summed E-state index contributed by atoms with van der Waals surface area (Å²) in [5.41, 5.74) is 6.47. The Bertz CT molecular complexity index is 399. The summed E-state index contributed by atoms with van der Waals surface area (Å²) >= 11 is 4.81. The molecule has 0 heterocycles. The van der Waals surface area contributed by atoms with Crippen LogP contribution in [0.4, 0.5) is 10.1 Å². The lowest BCUT2D eigenvalue weighted by molar-refractivity contribution is 0.627. The second-order valence-electron chi connectivity index (χ2n) is 3.15. The van der Waals surface area contributed by atoms with Gasteiger partial charge in [0.2, 0.25) is 0 Å². The SMILES string of the molecule is CC(C)=NN(C(N)=S)c1ccccc1F. The molecule has 0 aromatic heterocycles. The Labute approximate surface area is 93.4 Å². The molecule has 15 heavy (non-hydrogen) atoms. The van der Waals surface area contributed by atoms with Gasteiger partial charge in [0.25, 0.3) is 0 Å². The van der Waals surface area contributed by atoms with Gasteiger partial charge in [-0.3, -0.25) is 0 Å². The molecular formula is C10H12FN3S. The van der Waals surface area contributed by atoms with Crippen molar-refractivity contribution in [1.29, 1.82) is 0 Å². The minimum absolute atomic E-state index is 0.0151. The first kappa shape index (κ1) is 11.6. The molecule has 0 amide bonds. The van der Waals surface area contributed by atoms with Crippen molar-refractivity contribution in [1.82, 2.24) is 0 Å². The monoisotopic (exact) mass is 225 g/mol. The number of nitrogens with zero attached hydrogens (tertiary/aromatic N) is 2. The van der Waals surface area contributed by atoms with Gasteiger partial charge in [-0.25, -0.2) is 9.40 Å². The third kappa shape index (κ3) is 2.99. The minimum atomic E-state index is -0.407. The summed E-state index contributed by atoms with van der Waals surface area (Å²) in [6.45, 7) is 3.57. The molecule has 0 aliphatic carbocycles. The van der Waals surface area contributed by atoms with E-state index < -0.39 is 5.82 Å². The maximum absolute atomic E-state index is 13.4. The summed E-state index contributed by atoms with van der Waals surface area (Å²) in [5.74, 6) is -0.407. The number of benzene rings is 1. The lowest BCUT2D eigenvalue weighted by Crippen LogP contribution is -2.32. The number of anilines is 1. The summed E-state index contributed by atoms with van der Waals surface area (Å²) in [5, 5.41) is 5.27. The third-order valence-corrected chi connectivity index (χ3v) is 1.76. The highest BCUT2D eigenvalue weighted by Gasteiger charge is 2.12. The molecule has 0 aliphatic rings. The van der Waals surface area contributed by atoms with Crippen molar-refractivity contribution in [2.75, 3.05) is 5.01 Å². The van der Waals surface area contributed by atoms with Crippen molar-refractivity contribution in [3.05, 3.63) is 30.1 Å². The standard InChI is InChI=1S/C10H12FN3S/c1-7(2)13-14(10(12)15)9-6-4-3-5-8(9)11/h3-6H,1-2H3,(H2,12,15). The smallest absolute Gasteiger partial charge is 0.191 e. The van der Waals surface area contributed by atoms with E-state index in [4.69, 9.17) is 18.0 Å². The second-order valence-corrected chi connectivity index (χ2v) is 3.57. The normalized spacial score (nSPS) is 9.53. The summed E-state index contributed by atoms with van der Waals surface area (Å²) in [7, 11) is 0. The first-order chi connectivity index (χ1) is 7.02. The van der Waals surface area contributed by atoms with Crippen LogP contribution in [-0.4, -0.2) is 10.8 Å². The van der Waals surface area contributed by atoms with E-state index in [1.165, 1.54) is 11.1 Å². The molecule has 0 unspecified atom stereocenters. The van der Waals surface area contributed by atoms with Crippen molar-refractivity contribution >= 4 is 28.7 Å². The summed E-state index contributed by atoms with van der Waals surface area (Å²) < 4.78 is 13.4. The molecule has 0 fully saturated rings. The summed E-state index contributed by atoms with van der Waals surface area (Å²) in [6.07, 6.45) is 0. The minimum Gasteiger partial charge on any atom is -0.374 e. The Balaban J connectivity index is 3.16. The number of para-hydroxylation sites is 1. The van der Waals surface area contributed by atoms with E-state index in [9.17, 15) is 4.39 Å². The van der Waals surface area contributed by atoms with Gasteiger partial charge in [-0.1, -0.05) is 12.1 Å². The molecule has 1 aromatic rings. The molecule has 3 nitrogen and oxygen atoms in total. The van der Waals surface area contributed by atoms with E-state index in [2.05, 4.69) is 5.10 Å². The highest BCUT2D eigenvalue weighted by atomic mass is 32.1. The fraction of sp³-hybridized carbons (Fsp3) is 0.200. The number of hydrogen-bond acceptors (Lipinski definition) is 2. The average Bonchev–Trinajstić information content (AvgIpc) is 2.15. The van der Waals surface area contributed by atoms with E-state index in [1.807, 2.05) is 0 Å². The van der Waals surface area contributed by atoms with Crippen molar-refractivity contribution in [3.8, 4) is 0 Å². The van der Waals surface area contributed by atoms with Gasteiger partial charge >= 0.3 is 0 Å². The van der Waals surface area contributed by atoms with Crippen LogP contribution in [0.15, 0.2) is 29.4 Å². The van der Waals surface area contributed by atoms with Crippen LogP contribution in [-0.2, 0) is 0 Å². The van der Waals surface area contributed by atoms with Crippen molar-refractivity contribution in [2.24, 2.45) is 10.8 Å². The Morgan fingerprint density at radius 3 is 2.47 bits per heavy atom. The van der Waals surface area contributed by atoms with Gasteiger partial charge in [0.05, 0.1) is 0 Å². The van der Waals surface area contributed by atoms with E-state index in [0.29, 0.717) is 0 Å². The van der Waals surface area contributed by atoms with E-state index in [-0.39, 0.29) is 10.8 Å². The molecule has 1 rings (SSSR count). The summed E-state index contributed by atoms with van der Waals surface area (Å²) in [4.78, 5) is 0. The van der Waals surface area contributed by atoms with Gasteiger partial charge in [-0.15, -0.1) is 0 Å². The lowest BCUT2D eigenvalue weighted by atomic mass is 10.3. The number of hydrogen-bond donors (Lipinski definition) is 1. The van der Waals surface area contributed by atoms with Gasteiger partial charge in [-0.2, -0.15) is 5.10 Å². The molecule has 2 N–H and O–H groups in total. The number of thiocarbonyl (C=S) groups is 1. The van der Waals surface area contributed by atoms with E-state index in [1.54, 1.807) is 32.0 Å². The predicted octanol–water partition coefficient (Wildman–Crippen LogP) is 2.27. The van der Waals surface area contributed by atoms with Crippen molar-refractivity contribution < 1.29 is 4.39 Å². The number of nitrogens with two attached hydrogens (primary N) is 1. The molecule has 1 aromatic carbocycles. The number of rotatable bonds is 2. The van der Waals surface area contributed by atoms with Gasteiger partial charge in [0.1, 0.15) is 11.5 Å². The highest BCUT2D eigenvalue weighted by molar-refractivity contribution is 7.80. The number of hydrazone groups is 1. The van der Waals surface area contributed by atoms with Crippen molar-refractivity contribution in [2.45, 2.75) is 13.8 Å². The van der Waals surface area contributed by atoms with Crippen LogP contribution in [0.1, 0.15) is 13.8 Å². The molecule has 0 saturated heterocycles. The molecule has 5 heteroatoms. The second kappa shape index (κ2) is 4.84. The fourth-order valence-corrected chi connectivity index (χ4v) is 1.18. The molecule has 0 spiro atoms. The van der Waals surface area contributed by atoms with Crippen LogP contribution in [0, 0.1) is 5.82 Å². The molecular weight excluding hydrogens is 213 g/mol. The summed E-state index contributed by atoms with van der Waals surface area (Å²) in [6, 6.07) is 6.20. The Morgan fingerprint density at radius 1 is 1.40 bits per heavy atom. The Morgan fingerprint density at radius 2 is 2.00 bits per heavy atom.